The van der Waals surface area contributed by atoms with E-state index in [4.69, 9.17) is 0 Å². The van der Waals surface area contributed by atoms with E-state index in [9.17, 15) is 18.3 Å². The van der Waals surface area contributed by atoms with Gasteiger partial charge in [0.1, 0.15) is 11.4 Å². The average Bonchev–Trinajstić information content (AvgIpc) is 2.98. The van der Waals surface area contributed by atoms with E-state index < -0.39 is 18.3 Å². The summed E-state index contributed by atoms with van der Waals surface area (Å²) in [6, 6.07) is 8.38. The SMILES string of the molecule is OCc1nnn(-c2ccccc2C(F)(F)F)c1-c1cccnc1. The number of aliphatic hydroxyl groups excluding tert-OH is 1. The predicted octanol–water partition coefficient (Wildman–Crippen LogP) is 2.84. The minimum atomic E-state index is -4.53. The normalized spacial score (nSPS) is 11.7. The molecule has 0 aliphatic rings. The van der Waals surface area contributed by atoms with Gasteiger partial charge in [0.15, 0.2) is 0 Å². The Hall–Kier alpha value is -2.74. The molecule has 3 aromatic rings. The number of aromatic nitrogens is 4. The molecule has 0 unspecified atom stereocenters. The molecule has 23 heavy (non-hydrogen) atoms. The lowest BCUT2D eigenvalue weighted by Gasteiger charge is -2.14. The summed E-state index contributed by atoms with van der Waals surface area (Å²) in [7, 11) is 0. The van der Waals surface area contributed by atoms with Crippen LogP contribution in [0.2, 0.25) is 0 Å². The summed E-state index contributed by atoms with van der Waals surface area (Å²) >= 11 is 0. The first kappa shape index (κ1) is 15.2. The van der Waals surface area contributed by atoms with Crippen LogP contribution < -0.4 is 0 Å². The van der Waals surface area contributed by atoms with Crippen molar-refractivity contribution in [1.82, 2.24) is 20.0 Å². The molecule has 0 saturated carbocycles. The van der Waals surface area contributed by atoms with Crippen LogP contribution in [0, 0.1) is 0 Å². The zero-order valence-electron chi connectivity index (χ0n) is 11.7. The maximum atomic E-state index is 13.2. The van der Waals surface area contributed by atoms with Crippen molar-refractivity contribution in [3.63, 3.8) is 0 Å². The van der Waals surface area contributed by atoms with Crippen molar-refractivity contribution in [1.29, 1.82) is 0 Å². The average molecular weight is 320 g/mol. The largest absolute Gasteiger partial charge is 0.418 e. The molecule has 1 N–H and O–H groups in total. The van der Waals surface area contributed by atoms with Crippen LogP contribution in [0.1, 0.15) is 11.3 Å². The molecule has 0 saturated heterocycles. The summed E-state index contributed by atoms with van der Waals surface area (Å²) in [4.78, 5) is 3.95. The van der Waals surface area contributed by atoms with Gasteiger partial charge in [-0.25, -0.2) is 4.68 Å². The third-order valence-electron chi connectivity index (χ3n) is 3.26. The van der Waals surface area contributed by atoms with Crippen LogP contribution >= 0.6 is 0 Å². The summed E-state index contributed by atoms with van der Waals surface area (Å²) in [6.45, 7) is -0.446. The van der Waals surface area contributed by atoms with Crippen molar-refractivity contribution in [2.24, 2.45) is 0 Å². The van der Waals surface area contributed by atoms with Crippen molar-refractivity contribution in [2.45, 2.75) is 12.8 Å². The Morgan fingerprint density at radius 2 is 1.87 bits per heavy atom. The van der Waals surface area contributed by atoms with Gasteiger partial charge in [0.05, 0.1) is 17.9 Å². The molecule has 2 aromatic heterocycles. The first-order valence-corrected chi connectivity index (χ1v) is 6.65. The van der Waals surface area contributed by atoms with Crippen molar-refractivity contribution < 1.29 is 18.3 Å². The summed E-state index contributed by atoms with van der Waals surface area (Å²) < 4.78 is 40.8. The van der Waals surface area contributed by atoms with Gasteiger partial charge in [0.25, 0.3) is 0 Å². The fourth-order valence-electron chi connectivity index (χ4n) is 2.28. The topological polar surface area (TPSA) is 63.8 Å². The standard InChI is InChI=1S/C15H11F3N4O/c16-15(17,18)11-5-1-2-6-13(11)22-14(12(9-23)20-21-22)10-4-3-7-19-8-10/h1-8,23H,9H2. The quantitative estimate of drug-likeness (QED) is 0.806. The van der Waals surface area contributed by atoms with Gasteiger partial charge in [0.2, 0.25) is 0 Å². The first-order valence-electron chi connectivity index (χ1n) is 6.65. The van der Waals surface area contributed by atoms with Gasteiger partial charge in [-0.15, -0.1) is 5.10 Å². The molecule has 0 aliphatic heterocycles. The van der Waals surface area contributed by atoms with E-state index >= 15 is 0 Å². The molecular formula is C15H11F3N4O. The van der Waals surface area contributed by atoms with Gasteiger partial charge in [-0.3, -0.25) is 4.98 Å². The van der Waals surface area contributed by atoms with E-state index in [0.29, 0.717) is 5.56 Å². The number of hydrogen-bond acceptors (Lipinski definition) is 4. The van der Waals surface area contributed by atoms with E-state index in [1.54, 1.807) is 18.3 Å². The third kappa shape index (κ3) is 2.80. The highest BCUT2D eigenvalue weighted by molar-refractivity contribution is 5.64. The van der Waals surface area contributed by atoms with Crippen molar-refractivity contribution >= 4 is 0 Å². The number of hydrogen-bond donors (Lipinski definition) is 1. The summed E-state index contributed by atoms with van der Waals surface area (Å²) in [5.74, 6) is 0. The van der Waals surface area contributed by atoms with E-state index in [0.717, 1.165) is 10.7 Å². The number of aliphatic hydroxyl groups is 1. The molecule has 118 valence electrons. The maximum Gasteiger partial charge on any atom is 0.418 e. The minimum absolute atomic E-state index is 0.161. The summed E-state index contributed by atoms with van der Waals surface area (Å²) in [5, 5.41) is 17.0. The summed E-state index contributed by atoms with van der Waals surface area (Å²) in [6.07, 6.45) is -1.52. The van der Waals surface area contributed by atoms with Crippen molar-refractivity contribution in [3.8, 4) is 16.9 Å². The molecule has 0 bridgehead atoms. The number of para-hydroxylation sites is 1. The molecule has 0 fully saturated rings. The minimum Gasteiger partial charge on any atom is -0.390 e. The number of nitrogens with zero attached hydrogens (tertiary/aromatic N) is 4. The molecule has 0 atom stereocenters. The van der Waals surface area contributed by atoms with Gasteiger partial charge in [-0.05, 0) is 24.3 Å². The Labute approximate surface area is 129 Å². The second-order valence-corrected chi connectivity index (χ2v) is 4.71. The van der Waals surface area contributed by atoms with Gasteiger partial charge < -0.3 is 5.11 Å². The Morgan fingerprint density at radius 3 is 2.52 bits per heavy atom. The van der Waals surface area contributed by atoms with Crippen LogP contribution in [-0.2, 0) is 12.8 Å². The lowest BCUT2D eigenvalue weighted by Crippen LogP contribution is -2.12. The highest BCUT2D eigenvalue weighted by atomic mass is 19.4. The Bertz CT molecular complexity index is 815. The highest BCUT2D eigenvalue weighted by Gasteiger charge is 2.34. The second kappa shape index (κ2) is 5.81. The van der Waals surface area contributed by atoms with Gasteiger partial charge >= 0.3 is 6.18 Å². The van der Waals surface area contributed by atoms with E-state index in [-0.39, 0.29) is 17.1 Å². The molecule has 0 spiro atoms. The lowest BCUT2D eigenvalue weighted by atomic mass is 10.1. The van der Waals surface area contributed by atoms with Crippen LogP contribution in [0.4, 0.5) is 13.2 Å². The number of pyridine rings is 1. The number of halogens is 3. The molecule has 0 aliphatic carbocycles. The van der Waals surface area contributed by atoms with E-state index in [1.165, 1.54) is 24.4 Å². The fraction of sp³-hybridized carbons (Fsp3) is 0.133. The molecule has 5 nitrogen and oxygen atoms in total. The molecule has 3 rings (SSSR count). The zero-order valence-corrected chi connectivity index (χ0v) is 11.7. The van der Waals surface area contributed by atoms with Crippen LogP contribution in [0.25, 0.3) is 16.9 Å². The first-order chi connectivity index (χ1) is 11.0. The number of benzene rings is 1. The zero-order chi connectivity index (χ0) is 16.4. The van der Waals surface area contributed by atoms with Gasteiger partial charge in [-0.2, -0.15) is 13.2 Å². The van der Waals surface area contributed by atoms with Crippen molar-refractivity contribution in [3.05, 3.63) is 60.0 Å². The van der Waals surface area contributed by atoms with Gasteiger partial charge in [-0.1, -0.05) is 17.3 Å². The molecule has 0 amide bonds. The Balaban J connectivity index is 2.26. The van der Waals surface area contributed by atoms with E-state index in [2.05, 4.69) is 15.3 Å². The van der Waals surface area contributed by atoms with Crippen LogP contribution in [0.15, 0.2) is 48.8 Å². The second-order valence-electron chi connectivity index (χ2n) is 4.71. The van der Waals surface area contributed by atoms with Crippen molar-refractivity contribution in [2.75, 3.05) is 0 Å². The monoisotopic (exact) mass is 320 g/mol. The molecular weight excluding hydrogens is 309 g/mol. The molecule has 1 aromatic carbocycles. The van der Waals surface area contributed by atoms with Crippen LogP contribution in [0.5, 0.6) is 0 Å². The predicted molar refractivity (Wildman–Crippen MR) is 75.5 cm³/mol. The van der Waals surface area contributed by atoms with Gasteiger partial charge in [0, 0.05) is 18.0 Å². The van der Waals surface area contributed by atoms with E-state index in [1.807, 2.05) is 0 Å². The Morgan fingerprint density at radius 1 is 1.09 bits per heavy atom. The molecule has 2 heterocycles. The highest BCUT2D eigenvalue weighted by Crippen LogP contribution is 2.35. The molecule has 8 heteroatoms. The third-order valence-corrected chi connectivity index (χ3v) is 3.26. The lowest BCUT2D eigenvalue weighted by molar-refractivity contribution is -0.137. The number of rotatable bonds is 3. The Kier molecular flexibility index (Phi) is 3.83. The maximum absolute atomic E-state index is 13.2. The summed E-state index contributed by atoms with van der Waals surface area (Å²) in [5.41, 5.74) is -0.0311. The van der Waals surface area contributed by atoms with Crippen LogP contribution in [-0.4, -0.2) is 25.1 Å². The smallest absolute Gasteiger partial charge is 0.390 e. The molecule has 0 radical (unpaired) electrons. The number of alkyl halides is 3. The van der Waals surface area contributed by atoms with Crippen LogP contribution in [0.3, 0.4) is 0 Å². The fourth-order valence-corrected chi connectivity index (χ4v) is 2.28.